The lowest BCUT2D eigenvalue weighted by atomic mass is 9.82. The number of aryl methyl sites for hydroxylation is 1. The highest BCUT2D eigenvalue weighted by molar-refractivity contribution is 6.00. The summed E-state index contributed by atoms with van der Waals surface area (Å²) in [5.41, 5.74) is 1.88. The molecule has 2 aromatic rings. The van der Waals surface area contributed by atoms with Crippen LogP contribution >= 0.6 is 0 Å². The minimum Gasteiger partial charge on any atom is -0.493 e. The molecule has 210 valence electrons. The predicted octanol–water partition coefficient (Wildman–Crippen LogP) is 5.04. The van der Waals surface area contributed by atoms with Crippen molar-refractivity contribution in [3.63, 3.8) is 0 Å². The number of unbranched alkanes of at least 4 members (excludes halogenated alkanes) is 2. The first kappa shape index (κ1) is 29.7. The first-order valence-corrected chi connectivity index (χ1v) is 13.4. The largest absolute Gasteiger partial charge is 0.493 e. The summed E-state index contributed by atoms with van der Waals surface area (Å²) in [5, 5.41) is 9.64. The number of rotatable bonds is 13. The molecule has 1 heterocycles. The molecule has 1 N–H and O–H groups in total. The Hall–Kier alpha value is -3.88. The quantitative estimate of drug-likeness (QED) is 0.214. The average Bonchev–Trinajstić information content (AvgIpc) is 3.29. The van der Waals surface area contributed by atoms with Gasteiger partial charge in [0.05, 0.1) is 19.6 Å². The summed E-state index contributed by atoms with van der Waals surface area (Å²) in [6.07, 6.45) is 1.78. The van der Waals surface area contributed by atoms with Crippen molar-refractivity contribution in [2.24, 2.45) is 11.8 Å². The van der Waals surface area contributed by atoms with E-state index in [1.54, 1.807) is 37.3 Å². The van der Waals surface area contributed by atoms with Crippen LogP contribution in [0.4, 0.5) is 4.79 Å². The van der Waals surface area contributed by atoms with Crippen LogP contribution in [0.1, 0.15) is 61.0 Å². The third kappa shape index (κ3) is 7.81. The van der Waals surface area contributed by atoms with Gasteiger partial charge >= 0.3 is 18.0 Å². The van der Waals surface area contributed by atoms with Crippen molar-refractivity contribution in [2.75, 3.05) is 19.8 Å². The molecule has 2 aromatic carbocycles. The molecule has 0 saturated carbocycles. The average molecular weight is 540 g/mol. The second-order valence-electron chi connectivity index (χ2n) is 9.66. The molecule has 1 amide bonds. The zero-order chi connectivity index (χ0) is 28.4. The number of benzene rings is 2. The summed E-state index contributed by atoms with van der Waals surface area (Å²) in [4.78, 5) is 52.8. The number of aliphatic carboxylic acids is 1. The minimum absolute atomic E-state index is 0.0349. The first-order chi connectivity index (χ1) is 18.8. The van der Waals surface area contributed by atoms with Gasteiger partial charge in [-0.25, -0.2) is 9.59 Å². The SMILES string of the molecule is CCCCCOc1ccc(C(=O)[C@H]2CN(C(=O)OCc3ccccc3)[C@H](C(=O)OCC)[C@H]2CC(=O)O)cc1C. The number of carboxylic acids is 1. The summed E-state index contributed by atoms with van der Waals surface area (Å²) >= 11 is 0. The number of ketones is 1. The monoisotopic (exact) mass is 539 g/mol. The summed E-state index contributed by atoms with van der Waals surface area (Å²) in [5.74, 6) is -3.54. The van der Waals surface area contributed by atoms with Crippen LogP contribution < -0.4 is 4.74 Å². The zero-order valence-corrected chi connectivity index (χ0v) is 22.8. The fraction of sp³-hybridized carbons (Fsp3) is 0.467. The van der Waals surface area contributed by atoms with Gasteiger partial charge in [0.25, 0.3) is 0 Å². The number of Topliss-reactive ketones (excluding diaryl/α,β-unsaturated/α-hetero) is 1. The van der Waals surface area contributed by atoms with Gasteiger partial charge in [-0.05, 0) is 49.6 Å². The van der Waals surface area contributed by atoms with Crippen LogP contribution in [0.5, 0.6) is 5.75 Å². The normalized spacial score (nSPS) is 18.4. The second kappa shape index (κ2) is 14.3. The summed E-state index contributed by atoms with van der Waals surface area (Å²) in [6, 6.07) is 12.8. The Balaban J connectivity index is 1.85. The van der Waals surface area contributed by atoms with E-state index in [2.05, 4.69) is 6.92 Å². The van der Waals surface area contributed by atoms with Gasteiger partial charge in [0.2, 0.25) is 0 Å². The molecular formula is C30H37NO8. The van der Waals surface area contributed by atoms with Crippen molar-refractivity contribution >= 4 is 23.8 Å². The summed E-state index contributed by atoms with van der Waals surface area (Å²) in [6.45, 7) is 5.99. The molecule has 1 fully saturated rings. The molecule has 3 rings (SSSR count). The Labute approximate surface area is 229 Å². The van der Waals surface area contributed by atoms with Crippen molar-refractivity contribution < 1.29 is 38.5 Å². The van der Waals surface area contributed by atoms with Crippen LogP contribution in [0, 0.1) is 18.8 Å². The molecule has 9 nitrogen and oxygen atoms in total. The molecule has 1 aliphatic heterocycles. The van der Waals surface area contributed by atoms with Crippen molar-refractivity contribution in [3.8, 4) is 5.75 Å². The molecule has 0 aromatic heterocycles. The van der Waals surface area contributed by atoms with Gasteiger partial charge in [-0.15, -0.1) is 0 Å². The van der Waals surface area contributed by atoms with E-state index in [4.69, 9.17) is 14.2 Å². The van der Waals surface area contributed by atoms with Crippen LogP contribution in [-0.2, 0) is 25.7 Å². The first-order valence-electron chi connectivity index (χ1n) is 13.4. The van der Waals surface area contributed by atoms with Gasteiger partial charge in [0, 0.05) is 23.9 Å². The molecule has 3 atom stereocenters. The van der Waals surface area contributed by atoms with E-state index in [9.17, 15) is 24.3 Å². The van der Waals surface area contributed by atoms with Crippen LogP contribution in [0.3, 0.4) is 0 Å². The number of carbonyl (C=O) groups is 4. The topological polar surface area (TPSA) is 119 Å². The van der Waals surface area contributed by atoms with Crippen LogP contribution in [-0.4, -0.2) is 59.6 Å². The Morgan fingerprint density at radius 1 is 1.00 bits per heavy atom. The lowest BCUT2D eigenvalue weighted by molar-refractivity contribution is -0.150. The Kier molecular flexibility index (Phi) is 10.9. The van der Waals surface area contributed by atoms with Gasteiger partial charge in [-0.1, -0.05) is 50.1 Å². The van der Waals surface area contributed by atoms with Crippen molar-refractivity contribution in [3.05, 3.63) is 65.2 Å². The summed E-state index contributed by atoms with van der Waals surface area (Å²) < 4.78 is 16.5. The molecule has 0 bridgehead atoms. The van der Waals surface area contributed by atoms with E-state index in [1.165, 1.54) is 0 Å². The number of hydrogen-bond donors (Lipinski definition) is 1. The lowest BCUT2D eigenvalue weighted by Crippen LogP contribution is -2.45. The fourth-order valence-corrected chi connectivity index (χ4v) is 4.88. The van der Waals surface area contributed by atoms with Gasteiger partial charge in [0.1, 0.15) is 18.4 Å². The highest BCUT2D eigenvalue weighted by Crippen LogP contribution is 2.37. The third-order valence-corrected chi connectivity index (χ3v) is 6.83. The molecule has 0 radical (unpaired) electrons. The van der Waals surface area contributed by atoms with Gasteiger partial charge in [-0.2, -0.15) is 0 Å². The van der Waals surface area contributed by atoms with Crippen molar-refractivity contribution in [2.45, 2.75) is 59.1 Å². The molecule has 0 aliphatic carbocycles. The Morgan fingerprint density at radius 3 is 2.38 bits per heavy atom. The van der Waals surface area contributed by atoms with E-state index in [-0.39, 0.29) is 25.5 Å². The number of hydrogen-bond acceptors (Lipinski definition) is 7. The van der Waals surface area contributed by atoms with Crippen molar-refractivity contribution in [1.29, 1.82) is 0 Å². The van der Waals surface area contributed by atoms with Crippen LogP contribution in [0.2, 0.25) is 0 Å². The number of carbonyl (C=O) groups excluding carboxylic acids is 3. The minimum atomic E-state index is -1.26. The fourth-order valence-electron chi connectivity index (χ4n) is 4.88. The van der Waals surface area contributed by atoms with Crippen LogP contribution in [0.25, 0.3) is 0 Å². The van der Waals surface area contributed by atoms with E-state index in [0.29, 0.717) is 17.9 Å². The maximum absolute atomic E-state index is 13.7. The summed E-state index contributed by atoms with van der Waals surface area (Å²) in [7, 11) is 0. The number of esters is 1. The third-order valence-electron chi connectivity index (χ3n) is 6.83. The lowest BCUT2D eigenvalue weighted by Gasteiger charge is -2.25. The number of ether oxygens (including phenoxy) is 3. The molecule has 1 saturated heterocycles. The Morgan fingerprint density at radius 2 is 1.74 bits per heavy atom. The molecule has 0 spiro atoms. The molecule has 1 aliphatic rings. The predicted molar refractivity (Wildman–Crippen MR) is 144 cm³/mol. The number of nitrogens with zero attached hydrogens (tertiary/aromatic N) is 1. The second-order valence-corrected chi connectivity index (χ2v) is 9.66. The standard InChI is InChI=1S/C30H37NO8/c1-4-6-10-15-38-25-14-13-22(16-20(25)3)28(34)24-18-31(30(36)39-19-21-11-8-7-9-12-21)27(29(35)37-5-2)23(24)17-26(32)33/h7-9,11-14,16,23-24,27H,4-6,10,15,17-19H2,1-3H3,(H,32,33)/t23-,24-,27-/m0/s1. The highest BCUT2D eigenvalue weighted by atomic mass is 16.6. The number of carboxylic acid groups (broad SMARTS) is 1. The van der Waals surface area contributed by atoms with E-state index >= 15 is 0 Å². The zero-order valence-electron chi connectivity index (χ0n) is 22.8. The highest BCUT2D eigenvalue weighted by Gasteiger charge is 2.52. The van der Waals surface area contributed by atoms with Crippen molar-refractivity contribution in [1.82, 2.24) is 4.90 Å². The van der Waals surface area contributed by atoms with Gasteiger partial charge in [0.15, 0.2) is 5.78 Å². The number of likely N-dealkylation sites (tertiary alicyclic amines) is 1. The number of amides is 1. The Bertz CT molecular complexity index is 1150. The van der Waals surface area contributed by atoms with E-state index in [1.807, 2.05) is 25.1 Å². The van der Waals surface area contributed by atoms with Gasteiger partial charge < -0.3 is 19.3 Å². The van der Waals surface area contributed by atoms with E-state index < -0.39 is 42.3 Å². The van der Waals surface area contributed by atoms with E-state index in [0.717, 1.165) is 35.3 Å². The maximum atomic E-state index is 13.7. The molecule has 0 unspecified atom stereocenters. The molecule has 39 heavy (non-hydrogen) atoms. The maximum Gasteiger partial charge on any atom is 0.410 e. The molecular weight excluding hydrogens is 502 g/mol. The smallest absolute Gasteiger partial charge is 0.410 e. The van der Waals surface area contributed by atoms with Gasteiger partial charge in [-0.3, -0.25) is 14.5 Å². The van der Waals surface area contributed by atoms with Crippen LogP contribution in [0.15, 0.2) is 48.5 Å². The molecule has 9 heteroatoms.